The first-order chi connectivity index (χ1) is 24.7. The molecule has 0 bridgehead atoms. The molecule has 0 N–H and O–H groups in total. The van der Waals surface area contributed by atoms with E-state index >= 15 is 0 Å². The summed E-state index contributed by atoms with van der Waals surface area (Å²) in [4.78, 5) is 40.1. The third kappa shape index (κ3) is 6.85. The first-order valence-electron chi connectivity index (χ1n) is 16.4. The van der Waals surface area contributed by atoms with Crippen LogP contribution in [-0.2, 0) is 16.1 Å². The summed E-state index contributed by atoms with van der Waals surface area (Å²) in [7, 11) is 1.41. The molecule has 10 nitrogen and oxygen atoms in total. The van der Waals surface area contributed by atoms with Crippen molar-refractivity contribution >= 4 is 49.3 Å². The third-order valence-electron chi connectivity index (χ3n) is 8.84. The first-order valence-corrected chi connectivity index (χ1v) is 18.0. The van der Waals surface area contributed by atoms with Gasteiger partial charge in [0.1, 0.15) is 17.7 Å². The molecule has 12 heteroatoms. The van der Waals surface area contributed by atoms with Gasteiger partial charge in [-0.05, 0) is 80.9 Å². The third-order valence-corrected chi connectivity index (χ3v) is 9.83. The molecule has 6 aromatic rings. The first kappa shape index (κ1) is 34.4. The largest absolute Gasteiger partial charge is 0.469 e. The Morgan fingerprint density at radius 2 is 1.39 bits per heavy atom. The number of benzene rings is 2. The zero-order chi connectivity index (χ0) is 35.6. The van der Waals surface area contributed by atoms with E-state index in [2.05, 4.69) is 92.1 Å². The van der Waals surface area contributed by atoms with E-state index in [4.69, 9.17) is 14.7 Å². The van der Waals surface area contributed by atoms with Crippen molar-refractivity contribution in [2.75, 3.05) is 7.11 Å². The minimum atomic E-state index is -0.308. The fourth-order valence-electron chi connectivity index (χ4n) is 6.45. The average molecular weight is 807 g/mol. The molecule has 0 saturated heterocycles. The summed E-state index contributed by atoms with van der Waals surface area (Å²) < 4.78 is 11.2. The van der Waals surface area contributed by atoms with Crippen LogP contribution in [0.1, 0.15) is 64.9 Å². The number of pyridine rings is 2. The van der Waals surface area contributed by atoms with E-state index in [1.807, 2.05) is 74.8 Å². The number of nitrogens with zero attached hydrogens (tertiary/aromatic N) is 8. The van der Waals surface area contributed by atoms with Gasteiger partial charge in [-0.2, -0.15) is 0 Å². The van der Waals surface area contributed by atoms with Crippen LogP contribution in [0.15, 0.2) is 117 Å². The molecule has 0 amide bonds. The van der Waals surface area contributed by atoms with Gasteiger partial charge in [0, 0.05) is 56.2 Å². The number of hydrogen-bond acceptors (Lipinski definition) is 8. The molecule has 0 fully saturated rings. The van der Waals surface area contributed by atoms with E-state index in [1.54, 1.807) is 12.4 Å². The highest BCUT2D eigenvalue weighted by molar-refractivity contribution is 9.10. The number of aromatic nitrogens is 6. The molecule has 2 aliphatic rings. The lowest BCUT2D eigenvalue weighted by Gasteiger charge is -2.17. The van der Waals surface area contributed by atoms with Gasteiger partial charge in [0.2, 0.25) is 0 Å². The Balaban J connectivity index is 0.000000165. The number of halogens is 2. The molecule has 0 saturated carbocycles. The standard InChI is InChI=1S/C22H21BrN4O2.C17H13BrN4/c1-13(22(28)29-3)10-18-21-25-12-14(2)27(21)19-8-7-15(23)11-16(19)20(26-18)17-6-4-5-9-24-17;1-11-9-20-16-10-21-17(14-4-2-3-7-19-14)13-8-12(18)5-6-15(13)22(11)16/h4-9,11-13,18H,10H2,1-3H3;2-9H,10H2,1H3. The van der Waals surface area contributed by atoms with Crippen LogP contribution in [0, 0.1) is 19.8 Å². The number of fused-ring (bicyclic) bond motifs is 6. The van der Waals surface area contributed by atoms with E-state index in [0.29, 0.717) is 13.0 Å². The predicted octanol–water partition coefficient (Wildman–Crippen LogP) is 8.12. The van der Waals surface area contributed by atoms with Gasteiger partial charge in [0.15, 0.2) is 0 Å². The molecule has 2 aliphatic heterocycles. The molecule has 2 atom stereocenters. The molecule has 6 heterocycles. The second kappa shape index (κ2) is 14.7. The van der Waals surface area contributed by atoms with Crippen molar-refractivity contribution in [2.45, 2.75) is 39.8 Å². The van der Waals surface area contributed by atoms with Gasteiger partial charge < -0.3 is 4.74 Å². The minimum Gasteiger partial charge on any atom is -0.469 e. The maximum absolute atomic E-state index is 12.1. The summed E-state index contributed by atoms with van der Waals surface area (Å²) in [5.74, 6) is 1.20. The quantitative estimate of drug-likeness (QED) is 0.163. The van der Waals surface area contributed by atoms with E-state index < -0.39 is 0 Å². The number of hydrogen-bond donors (Lipinski definition) is 0. The van der Waals surface area contributed by atoms with E-state index in [0.717, 1.165) is 77.3 Å². The van der Waals surface area contributed by atoms with E-state index in [-0.39, 0.29) is 17.9 Å². The van der Waals surface area contributed by atoms with Crippen molar-refractivity contribution in [2.24, 2.45) is 15.9 Å². The lowest BCUT2D eigenvalue weighted by Crippen LogP contribution is -2.17. The van der Waals surface area contributed by atoms with Crippen molar-refractivity contribution in [1.82, 2.24) is 29.1 Å². The molecule has 8 rings (SSSR count). The molecule has 4 aromatic heterocycles. The number of carbonyl (C=O) groups is 1. The maximum atomic E-state index is 12.1. The zero-order valence-electron chi connectivity index (χ0n) is 28.5. The Morgan fingerprint density at radius 1 is 0.804 bits per heavy atom. The Kier molecular flexibility index (Phi) is 9.88. The number of rotatable bonds is 5. The number of carbonyl (C=O) groups excluding carboxylic acids is 1. The van der Waals surface area contributed by atoms with Crippen LogP contribution >= 0.6 is 31.9 Å². The summed E-state index contributed by atoms with van der Waals surface area (Å²) >= 11 is 7.15. The molecular formula is C39H34Br2N8O2. The minimum absolute atomic E-state index is 0.251. The molecule has 0 aliphatic carbocycles. The smallest absolute Gasteiger partial charge is 0.308 e. The fraction of sp³-hybridized carbons (Fsp3) is 0.205. The van der Waals surface area contributed by atoms with Crippen LogP contribution in [0.4, 0.5) is 0 Å². The highest BCUT2D eigenvalue weighted by Gasteiger charge is 2.30. The van der Waals surface area contributed by atoms with Gasteiger partial charge in [0.25, 0.3) is 0 Å². The second-order valence-electron chi connectivity index (χ2n) is 12.3. The summed E-state index contributed by atoms with van der Waals surface area (Å²) in [6.07, 6.45) is 7.79. The van der Waals surface area contributed by atoms with Crippen molar-refractivity contribution in [1.29, 1.82) is 0 Å². The van der Waals surface area contributed by atoms with E-state index in [1.165, 1.54) is 7.11 Å². The highest BCUT2D eigenvalue weighted by Crippen LogP contribution is 2.36. The van der Waals surface area contributed by atoms with Crippen LogP contribution in [0.5, 0.6) is 0 Å². The summed E-state index contributed by atoms with van der Waals surface area (Å²) in [6.45, 7) is 6.49. The maximum Gasteiger partial charge on any atom is 0.308 e. The van der Waals surface area contributed by atoms with Crippen molar-refractivity contribution in [3.05, 3.63) is 152 Å². The summed E-state index contributed by atoms with van der Waals surface area (Å²) in [5, 5.41) is 0. The molecule has 51 heavy (non-hydrogen) atoms. The molecule has 256 valence electrons. The Bertz CT molecular complexity index is 2300. The van der Waals surface area contributed by atoms with Gasteiger partial charge in [0.05, 0.1) is 53.8 Å². The predicted molar refractivity (Wildman–Crippen MR) is 204 cm³/mol. The lowest BCUT2D eigenvalue weighted by atomic mass is 10.0. The molecule has 0 radical (unpaired) electrons. The fourth-order valence-corrected chi connectivity index (χ4v) is 7.18. The van der Waals surface area contributed by atoms with Gasteiger partial charge in [-0.15, -0.1) is 0 Å². The zero-order valence-corrected chi connectivity index (χ0v) is 31.6. The number of methoxy groups -OCH3 is 1. The number of ether oxygens (including phenoxy) is 1. The lowest BCUT2D eigenvalue weighted by molar-refractivity contribution is -0.145. The van der Waals surface area contributed by atoms with Gasteiger partial charge >= 0.3 is 5.97 Å². The topological polar surface area (TPSA) is 112 Å². The number of esters is 1. The van der Waals surface area contributed by atoms with Crippen molar-refractivity contribution in [3.63, 3.8) is 0 Å². The van der Waals surface area contributed by atoms with Gasteiger partial charge in [-0.25, -0.2) is 9.97 Å². The SMILES string of the molecule is COC(=O)C(C)CC1N=C(c2ccccn2)c2cc(Br)ccc2-n2c(C)cnc21.Cc1cnc2n1-c1ccc(Br)cc1C(c1ccccn1)=NC2. The van der Waals surface area contributed by atoms with Gasteiger partial charge in [-0.1, -0.05) is 50.9 Å². The Labute approximate surface area is 312 Å². The second-order valence-corrected chi connectivity index (χ2v) is 14.1. The van der Waals surface area contributed by atoms with Crippen LogP contribution in [-0.4, -0.2) is 53.6 Å². The molecule has 2 unspecified atom stereocenters. The van der Waals surface area contributed by atoms with Crippen molar-refractivity contribution in [3.8, 4) is 11.4 Å². The Morgan fingerprint density at radius 3 is 2.02 bits per heavy atom. The summed E-state index contributed by atoms with van der Waals surface area (Å²) in [5.41, 5.74) is 9.59. The van der Waals surface area contributed by atoms with Gasteiger partial charge in [-0.3, -0.25) is 33.9 Å². The number of aryl methyl sites for hydroxylation is 2. The monoisotopic (exact) mass is 804 g/mol. The van der Waals surface area contributed by atoms with Crippen LogP contribution in [0.2, 0.25) is 0 Å². The molecule has 0 spiro atoms. The van der Waals surface area contributed by atoms with Crippen LogP contribution in [0.3, 0.4) is 0 Å². The molecular weight excluding hydrogens is 772 g/mol. The van der Waals surface area contributed by atoms with Crippen molar-refractivity contribution < 1.29 is 9.53 Å². The average Bonchev–Trinajstić information content (AvgIpc) is 3.62. The van der Waals surface area contributed by atoms with Crippen LogP contribution in [0.25, 0.3) is 11.4 Å². The highest BCUT2D eigenvalue weighted by atomic mass is 79.9. The summed E-state index contributed by atoms with van der Waals surface area (Å²) in [6, 6.07) is 23.7. The van der Waals surface area contributed by atoms with Crippen LogP contribution < -0.4 is 0 Å². The Hall–Kier alpha value is -5.07. The molecule has 2 aromatic carbocycles. The number of aliphatic imine (C=N–C) groups is 2. The van der Waals surface area contributed by atoms with E-state index in [9.17, 15) is 4.79 Å². The number of imidazole rings is 2. The normalized spacial score (nSPS) is 14.9.